The molecule has 1 atom stereocenters. The van der Waals surface area contributed by atoms with Crippen molar-refractivity contribution in [3.05, 3.63) is 0 Å². The summed E-state index contributed by atoms with van der Waals surface area (Å²) in [5.74, 6) is -2.98. The van der Waals surface area contributed by atoms with Crippen molar-refractivity contribution in [1.29, 1.82) is 0 Å². The minimum atomic E-state index is -4.58. The second-order valence-corrected chi connectivity index (χ2v) is 4.04. The molecule has 1 unspecified atom stereocenters. The van der Waals surface area contributed by atoms with Crippen LogP contribution in [0.1, 0.15) is 20.8 Å². The van der Waals surface area contributed by atoms with Gasteiger partial charge in [0.1, 0.15) is 5.92 Å². The summed E-state index contributed by atoms with van der Waals surface area (Å²) in [6.45, 7) is 4.19. The summed E-state index contributed by atoms with van der Waals surface area (Å²) in [5, 5.41) is 10.6. The molecule has 0 saturated carbocycles. The van der Waals surface area contributed by atoms with Gasteiger partial charge in [0.15, 0.2) is 5.84 Å². The van der Waals surface area contributed by atoms with Gasteiger partial charge in [0.05, 0.1) is 12.2 Å². The molecule has 0 saturated heterocycles. The van der Waals surface area contributed by atoms with Crippen LogP contribution in [0.5, 0.6) is 0 Å². The van der Waals surface area contributed by atoms with Gasteiger partial charge in [-0.25, -0.2) is 0 Å². The normalized spacial score (nSPS) is 16.5. The number of oxime groups is 1. The Hall–Kier alpha value is -0.980. The largest absolute Gasteiger partial charge is 0.409 e. The Kier molecular flexibility index (Phi) is 4.39. The highest BCUT2D eigenvalue weighted by Gasteiger charge is 2.43. The number of hydrogen-bond acceptors (Lipinski definition) is 3. The van der Waals surface area contributed by atoms with Crippen LogP contribution in [0.2, 0.25) is 0 Å². The first-order valence-electron chi connectivity index (χ1n) is 4.26. The molecule has 0 fully saturated rings. The van der Waals surface area contributed by atoms with Crippen molar-refractivity contribution in [2.24, 2.45) is 16.8 Å². The zero-order valence-electron chi connectivity index (χ0n) is 8.80. The number of ether oxygens (including phenoxy) is 1. The van der Waals surface area contributed by atoms with Crippen molar-refractivity contribution in [2.75, 3.05) is 6.61 Å². The van der Waals surface area contributed by atoms with Gasteiger partial charge in [0, 0.05) is 0 Å². The third-order valence-corrected chi connectivity index (χ3v) is 1.55. The fourth-order valence-corrected chi connectivity index (χ4v) is 0.751. The molecule has 0 radical (unpaired) electrons. The highest BCUT2D eigenvalue weighted by Crippen LogP contribution is 2.27. The minimum Gasteiger partial charge on any atom is -0.409 e. The van der Waals surface area contributed by atoms with Gasteiger partial charge >= 0.3 is 6.18 Å². The molecule has 90 valence electrons. The quantitative estimate of drug-likeness (QED) is 0.334. The number of amidine groups is 1. The number of rotatable bonds is 3. The van der Waals surface area contributed by atoms with Crippen LogP contribution in [0.3, 0.4) is 0 Å². The number of hydrogen-bond donors (Lipinski definition) is 2. The van der Waals surface area contributed by atoms with E-state index < -0.39 is 30.1 Å². The zero-order valence-corrected chi connectivity index (χ0v) is 8.80. The van der Waals surface area contributed by atoms with E-state index in [1.54, 1.807) is 20.8 Å². The summed E-state index contributed by atoms with van der Waals surface area (Å²) in [6.07, 6.45) is -4.58. The molecule has 0 aliphatic heterocycles. The highest BCUT2D eigenvalue weighted by atomic mass is 19.4. The molecule has 4 nitrogen and oxygen atoms in total. The maximum Gasteiger partial charge on any atom is 0.401 e. The number of nitrogens with two attached hydrogens (primary N) is 1. The van der Waals surface area contributed by atoms with Gasteiger partial charge in [-0.3, -0.25) is 0 Å². The highest BCUT2D eigenvalue weighted by molar-refractivity contribution is 5.83. The molecule has 0 amide bonds. The van der Waals surface area contributed by atoms with Gasteiger partial charge in [0.25, 0.3) is 0 Å². The minimum absolute atomic E-state index is 0.664. The maximum atomic E-state index is 12.4. The standard InChI is InChI=1S/C8H15F3N2O2/c1-7(2,3)15-4-5(6(12)13-14)8(9,10)11/h5,14H,4H2,1-3H3,(H2,12,13). The Labute approximate surface area is 85.9 Å². The molecule has 0 aromatic carbocycles. The van der Waals surface area contributed by atoms with Crippen molar-refractivity contribution < 1.29 is 23.1 Å². The van der Waals surface area contributed by atoms with E-state index in [1.165, 1.54) is 0 Å². The Morgan fingerprint density at radius 2 is 1.87 bits per heavy atom. The molecule has 0 bridgehead atoms. The lowest BCUT2D eigenvalue weighted by molar-refractivity contribution is -0.177. The first kappa shape index (κ1) is 14.0. The van der Waals surface area contributed by atoms with E-state index in [4.69, 9.17) is 15.7 Å². The van der Waals surface area contributed by atoms with Crippen molar-refractivity contribution >= 4 is 5.84 Å². The number of halogens is 3. The van der Waals surface area contributed by atoms with Gasteiger partial charge in [-0.15, -0.1) is 0 Å². The van der Waals surface area contributed by atoms with Gasteiger partial charge in [-0.1, -0.05) is 5.16 Å². The summed E-state index contributed by atoms with van der Waals surface area (Å²) < 4.78 is 42.1. The van der Waals surface area contributed by atoms with E-state index in [1.807, 2.05) is 0 Å². The average Bonchev–Trinajstić information content (AvgIpc) is 1.99. The molecule has 3 N–H and O–H groups in total. The van der Waals surface area contributed by atoms with E-state index in [0.717, 1.165) is 0 Å². The van der Waals surface area contributed by atoms with Gasteiger partial charge in [-0.2, -0.15) is 13.2 Å². The van der Waals surface area contributed by atoms with Gasteiger partial charge in [0.2, 0.25) is 0 Å². The SMILES string of the molecule is CC(C)(C)OCC(C(N)=NO)C(F)(F)F. The molecule has 0 rings (SSSR count). The predicted molar refractivity (Wildman–Crippen MR) is 48.7 cm³/mol. The Balaban J connectivity index is 4.56. The summed E-state index contributed by atoms with van der Waals surface area (Å²) >= 11 is 0. The van der Waals surface area contributed by atoms with Crippen molar-refractivity contribution in [2.45, 2.75) is 32.5 Å². The zero-order chi connectivity index (χ0) is 12.3. The summed E-state index contributed by atoms with van der Waals surface area (Å²) in [6, 6.07) is 0. The summed E-state index contributed by atoms with van der Waals surface area (Å²) in [4.78, 5) is 0. The number of nitrogens with zero attached hydrogens (tertiary/aromatic N) is 1. The Morgan fingerprint density at radius 1 is 1.40 bits per heavy atom. The van der Waals surface area contributed by atoms with E-state index in [9.17, 15) is 13.2 Å². The van der Waals surface area contributed by atoms with Crippen LogP contribution in [0, 0.1) is 5.92 Å². The first-order chi connectivity index (χ1) is 6.58. The van der Waals surface area contributed by atoms with E-state index in [2.05, 4.69) is 5.16 Å². The Bertz CT molecular complexity index is 233. The topological polar surface area (TPSA) is 67.8 Å². The fourth-order valence-electron chi connectivity index (χ4n) is 0.751. The van der Waals surface area contributed by atoms with Crippen LogP contribution in [0.4, 0.5) is 13.2 Å². The van der Waals surface area contributed by atoms with Crippen LogP contribution >= 0.6 is 0 Å². The molecule has 0 aliphatic rings. The van der Waals surface area contributed by atoms with Crippen molar-refractivity contribution in [3.8, 4) is 0 Å². The third kappa shape index (κ3) is 5.46. The smallest absolute Gasteiger partial charge is 0.401 e. The Morgan fingerprint density at radius 3 is 2.13 bits per heavy atom. The second kappa shape index (κ2) is 4.69. The summed E-state index contributed by atoms with van der Waals surface area (Å²) in [7, 11) is 0. The molecule has 15 heavy (non-hydrogen) atoms. The predicted octanol–water partition coefficient (Wildman–Crippen LogP) is 1.73. The van der Waals surface area contributed by atoms with Crippen molar-refractivity contribution in [3.63, 3.8) is 0 Å². The van der Waals surface area contributed by atoms with E-state index in [0.29, 0.717) is 0 Å². The lowest BCUT2D eigenvalue weighted by atomic mass is 10.1. The van der Waals surface area contributed by atoms with Crippen LogP contribution in [0.15, 0.2) is 5.16 Å². The number of alkyl halides is 3. The van der Waals surface area contributed by atoms with Gasteiger partial charge in [-0.05, 0) is 20.8 Å². The van der Waals surface area contributed by atoms with Crippen LogP contribution < -0.4 is 5.73 Å². The van der Waals surface area contributed by atoms with Crippen LogP contribution in [0.25, 0.3) is 0 Å². The van der Waals surface area contributed by atoms with Crippen molar-refractivity contribution in [1.82, 2.24) is 0 Å². The van der Waals surface area contributed by atoms with Gasteiger partial charge < -0.3 is 15.7 Å². The molecule has 0 aliphatic carbocycles. The first-order valence-corrected chi connectivity index (χ1v) is 4.26. The monoisotopic (exact) mass is 228 g/mol. The second-order valence-electron chi connectivity index (χ2n) is 4.04. The third-order valence-electron chi connectivity index (χ3n) is 1.55. The van der Waals surface area contributed by atoms with E-state index >= 15 is 0 Å². The molecule has 0 heterocycles. The van der Waals surface area contributed by atoms with Crippen LogP contribution in [-0.2, 0) is 4.74 Å². The molecular formula is C8H15F3N2O2. The molecule has 7 heteroatoms. The van der Waals surface area contributed by atoms with Crippen LogP contribution in [-0.4, -0.2) is 29.4 Å². The average molecular weight is 228 g/mol. The molecule has 0 aromatic heterocycles. The molecular weight excluding hydrogens is 213 g/mol. The summed E-state index contributed by atoms with van der Waals surface area (Å²) in [5.41, 5.74) is 4.22. The molecule has 0 spiro atoms. The lowest BCUT2D eigenvalue weighted by Crippen LogP contribution is -2.41. The van der Waals surface area contributed by atoms with E-state index in [-0.39, 0.29) is 0 Å². The fraction of sp³-hybridized carbons (Fsp3) is 0.875. The molecule has 0 aromatic rings. The maximum absolute atomic E-state index is 12.4. The lowest BCUT2D eigenvalue weighted by Gasteiger charge is -2.25.